The summed E-state index contributed by atoms with van der Waals surface area (Å²) in [7, 11) is 1.53. The fourth-order valence-corrected chi connectivity index (χ4v) is 4.35. The van der Waals surface area contributed by atoms with Gasteiger partial charge in [0, 0.05) is 32.3 Å². The molecule has 0 aliphatic carbocycles. The van der Waals surface area contributed by atoms with E-state index in [2.05, 4.69) is 20.4 Å². The molecule has 2 N–H and O–H groups in total. The molecule has 242 valence electrons. The Labute approximate surface area is 261 Å². The molecular formula is C30H32N6O10. The molecule has 5 rings (SSSR count). The maximum absolute atomic E-state index is 12.6. The van der Waals surface area contributed by atoms with Gasteiger partial charge < -0.3 is 38.7 Å². The first-order valence-corrected chi connectivity index (χ1v) is 14.4. The Morgan fingerprint density at radius 3 is 2.61 bits per heavy atom. The molecule has 1 atom stereocenters. The molecule has 0 radical (unpaired) electrons. The number of pyridine rings is 1. The van der Waals surface area contributed by atoms with Crippen LogP contribution in [0.1, 0.15) is 16.9 Å². The summed E-state index contributed by atoms with van der Waals surface area (Å²) in [5.41, 5.74) is 1.08. The first kappa shape index (κ1) is 32.2. The number of aromatic nitrogens is 4. The van der Waals surface area contributed by atoms with Crippen LogP contribution in [0.15, 0.2) is 57.9 Å². The van der Waals surface area contributed by atoms with E-state index in [1.54, 1.807) is 24.3 Å². The number of oxazole rings is 1. The largest absolute Gasteiger partial charge is 0.490 e. The summed E-state index contributed by atoms with van der Waals surface area (Å²) in [6, 6.07) is 10.6. The average Bonchev–Trinajstić information content (AvgIpc) is 3.69. The van der Waals surface area contributed by atoms with Gasteiger partial charge in [0.25, 0.3) is 5.56 Å². The topological polar surface area (TPSA) is 197 Å². The highest BCUT2D eigenvalue weighted by atomic mass is 16.5. The SMILES string of the molecule is Cn1nc(-c2nc3cc(OC(=O)c4ccc(OCCOCCOCC(=O)NCC(=O)N5CC[C@H](O)C5)cn4)ccc3o2)ccc1=O. The predicted molar refractivity (Wildman–Crippen MR) is 159 cm³/mol. The van der Waals surface area contributed by atoms with E-state index in [-0.39, 0.29) is 74.9 Å². The lowest BCUT2D eigenvalue weighted by atomic mass is 10.3. The van der Waals surface area contributed by atoms with Crippen LogP contribution in [0, 0.1) is 0 Å². The van der Waals surface area contributed by atoms with Crippen molar-refractivity contribution < 1.29 is 42.9 Å². The number of aliphatic hydroxyl groups is 1. The Morgan fingerprint density at radius 1 is 1.04 bits per heavy atom. The van der Waals surface area contributed by atoms with E-state index in [1.165, 1.54) is 41.0 Å². The molecule has 1 fully saturated rings. The number of carbonyl (C=O) groups excluding carboxylic acids is 3. The zero-order chi connectivity index (χ0) is 32.5. The van der Waals surface area contributed by atoms with Crippen LogP contribution >= 0.6 is 0 Å². The summed E-state index contributed by atoms with van der Waals surface area (Å²) >= 11 is 0. The molecule has 4 heterocycles. The zero-order valence-corrected chi connectivity index (χ0v) is 24.9. The van der Waals surface area contributed by atoms with Crippen LogP contribution in [0.4, 0.5) is 0 Å². The smallest absolute Gasteiger partial charge is 0.362 e. The summed E-state index contributed by atoms with van der Waals surface area (Å²) in [5, 5.41) is 16.1. The number of aryl methyl sites for hydroxylation is 1. The predicted octanol–water partition coefficient (Wildman–Crippen LogP) is 0.324. The molecule has 0 saturated carbocycles. The molecule has 1 aliphatic rings. The van der Waals surface area contributed by atoms with E-state index in [9.17, 15) is 24.3 Å². The van der Waals surface area contributed by atoms with Gasteiger partial charge in [-0.05, 0) is 36.8 Å². The van der Waals surface area contributed by atoms with Gasteiger partial charge in [-0.3, -0.25) is 14.4 Å². The molecule has 1 aliphatic heterocycles. The van der Waals surface area contributed by atoms with Crippen LogP contribution in [-0.4, -0.2) is 106 Å². The highest BCUT2D eigenvalue weighted by Crippen LogP contribution is 2.26. The van der Waals surface area contributed by atoms with E-state index in [0.717, 1.165) is 0 Å². The van der Waals surface area contributed by atoms with Crippen molar-refractivity contribution in [1.29, 1.82) is 0 Å². The number of ether oxygens (including phenoxy) is 4. The Balaban J connectivity index is 0.967. The van der Waals surface area contributed by atoms with Crippen LogP contribution in [0.5, 0.6) is 11.5 Å². The van der Waals surface area contributed by atoms with E-state index < -0.39 is 18.0 Å². The number of nitrogens with zero attached hydrogens (tertiary/aromatic N) is 5. The molecule has 0 spiro atoms. The first-order chi connectivity index (χ1) is 22.2. The van der Waals surface area contributed by atoms with Gasteiger partial charge in [0.15, 0.2) is 5.58 Å². The standard InChI is InChI=1S/C30H32N6O10/c1-35-27(39)7-5-22(34-35)29-33-24-14-20(3-6-25(24)46-29)45-30(41)23-4-2-21(15-31-23)44-13-12-42-10-11-43-18-26(38)32-16-28(40)36-9-8-19(37)17-36/h2-7,14-15,19,37H,8-13,16-18H2,1H3,(H,32,38)/t19-/m0/s1. The maximum atomic E-state index is 12.6. The van der Waals surface area contributed by atoms with Gasteiger partial charge in [0.2, 0.25) is 17.7 Å². The van der Waals surface area contributed by atoms with E-state index in [4.69, 9.17) is 23.4 Å². The molecule has 16 nitrogen and oxygen atoms in total. The highest BCUT2D eigenvalue weighted by molar-refractivity contribution is 5.89. The summed E-state index contributed by atoms with van der Waals surface area (Å²) in [6.07, 6.45) is 1.43. The number of nitrogens with one attached hydrogen (secondary N) is 1. The number of fused-ring (bicyclic) bond motifs is 1. The van der Waals surface area contributed by atoms with E-state index in [0.29, 0.717) is 35.5 Å². The molecule has 0 unspecified atom stereocenters. The number of carbonyl (C=O) groups is 3. The Morgan fingerprint density at radius 2 is 1.85 bits per heavy atom. The van der Waals surface area contributed by atoms with Crippen molar-refractivity contribution in [2.75, 3.05) is 52.7 Å². The second-order valence-electron chi connectivity index (χ2n) is 10.2. The molecule has 0 bridgehead atoms. The first-order valence-electron chi connectivity index (χ1n) is 14.4. The van der Waals surface area contributed by atoms with Crippen molar-refractivity contribution in [1.82, 2.24) is 30.0 Å². The van der Waals surface area contributed by atoms with Crippen LogP contribution in [0.2, 0.25) is 0 Å². The molecule has 16 heteroatoms. The number of aliphatic hydroxyl groups excluding tert-OH is 1. The Bertz CT molecular complexity index is 1740. The minimum Gasteiger partial charge on any atom is -0.490 e. The lowest BCUT2D eigenvalue weighted by molar-refractivity contribution is -0.133. The summed E-state index contributed by atoms with van der Waals surface area (Å²) < 4.78 is 28.6. The van der Waals surface area contributed by atoms with Gasteiger partial charge in [-0.15, -0.1) is 0 Å². The van der Waals surface area contributed by atoms with Gasteiger partial charge in [0.05, 0.1) is 38.7 Å². The Hall–Kier alpha value is -5.19. The monoisotopic (exact) mass is 636 g/mol. The lowest BCUT2D eigenvalue weighted by Gasteiger charge is -2.15. The highest BCUT2D eigenvalue weighted by Gasteiger charge is 2.24. The second kappa shape index (κ2) is 15.2. The van der Waals surface area contributed by atoms with E-state index >= 15 is 0 Å². The summed E-state index contributed by atoms with van der Waals surface area (Å²) in [6.45, 7) is 1.30. The Kier molecular flexibility index (Phi) is 10.6. The fourth-order valence-electron chi connectivity index (χ4n) is 4.35. The average molecular weight is 637 g/mol. The zero-order valence-electron chi connectivity index (χ0n) is 24.9. The molecule has 2 amide bonds. The number of likely N-dealkylation sites (tertiary alicyclic amines) is 1. The lowest BCUT2D eigenvalue weighted by Crippen LogP contribution is -2.40. The molecular weight excluding hydrogens is 604 g/mol. The van der Waals surface area contributed by atoms with Gasteiger partial charge in [-0.1, -0.05) is 0 Å². The van der Waals surface area contributed by atoms with E-state index in [1.807, 2.05) is 0 Å². The van der Waals surface area contributed by atoms with Crippen molar-refractivity contribution in [3.8, 4) is 23.1 Å². The van der Waals surface area contributed by atoms with Crippen LogP contribution < -0.4 is 20.3 Å². The van der Waals surface area contributed by atoms with Gasteiger partial charge >= 0.3 is 5.97 Å². The molecule has 3 aromatic heterocycles. The third-order valence-electron chi connectivity index (χ3n) is 6.75. The van der Waals surface area contributed by atoms with Gasteiger partial charge in [0.1, 0.15) is 41.6 Å². The van der Waals surface area contributed by atoms with Crippen molar-refractivity contribution >= 4 is 28.9 Å². The van der Waals surface area contributed by atoms with Crippen molar-refractivity contribution in [3.63, 3.8) is 0 Å². The normalized spacial score (nSPS) is 14.4. The number of β-amino-alcohol motifs (C(OH)–C–C–N with tert-alkyl or cyclic N) is 1. The number of hydrogen-bond donors (Lipinski definition) is 2. The third kappa shape index (κ3) is 8.71. The fraction of sp³-hybridized carbons (Fsp3) is 0.367. The maximum Gasteiger partial charge on any atom is 0.362 e. The number of rotatable bonds is 14. The number of hydrogen-bond acceptors (Lipinski definition) is 13. The summed E-state index contributed by atoms with van der Waals surface area (Å²) in [5.74, 6) is -0.453. The van der Waals surface area contributed by atoms with Gasteiger partial charge in [-0.2, -0.15) is 5.10 Å². The van der Waals surface area contributed by atoms with Crippen molar-refractivity contribution in [3.05, 3.63) is 64.7 Å². The summed E-state index contributed by atoms with van der Waals surface area (Å²) in [4.78, 5) is 58.0. The van der Waals surface area contributed by atoms with Crippen molar-refractivity contribution in [2.24, 2.45) is 7.05 Å². The molecule has 46 heavy (non-hydrogen) atoms. The number of amides is 2. The number of esters is 1. The third-order valence-corrected chi connectivity index (χ3v) is 6.75. The number of benzene rings is 1. The van der Waals surface area contributed by atoms with Crippen LogP contribution in [-0.2, 0) is 26.1 Å². The van der Waals surface area contributed by atoms with Crippen molar-refractivity contribution in [2.45, 2.75) is 12.5 Å². The molecule has 1 saturated heterocycles. The van der Waals surface area contributed by atoms with Gasteiger partial charge in [-0.25, -0.2) is 19.4 Å². The second-order valence-corrected chi connectivity index (χ2v) is 10.2. The molecule has 4 aromatic rings. The molecule has 1 aromatic carbocycles. The minimum atomic E-state index is -0.676. The quantitative estimate of drug-likeness (QED) is 0.109. The van der Waals surface area contributed by atoms with Crippen LogP contribution in [0.3, 0.4) is 0 Å². The minimum absolute atomic E-state index is 0.0688. The van der Waals surface area contributed by atoms with Crippen LogP contribution in [0.25, 0.3) is 22.7 Å².